The summed E-state index contributed by atoms with van der Waals surface area (Å²) in [6, 6.07) is 5.47. The molecule has 1 fully saturated rings. The largest absolute Gasteiger partial charge is 0.343 e. The van der Waals surface area contributed by atoms with Crippen LogP contribution in [0.4, 0.5) is 0 Å². The molecule has 0 saturated carbocycles. The topological polar surface area (TPSA) is 47.0 Å². The molecule has 1 unspecified atom stereocenters. The number of aliphatic imine (C=N–C) groups is 1. The maximum absolute atomic E-state index is 4.81. The van der Waals surface area contributed by atoms with Crippen LogP contribution in [-0.4, -0.2) is 77.4 Å². The summed E-state index contributed by atoms with van der Waals surface area (Å²) in [4.78, 5) is 17.1. The Hall–Kier alpha value is -3.52. The Bertz CT molecular complexity index is 1790. The predicted molar refractivity (Wildman–Crippen MR) is 227 cm³/mol. The van der Waals surface area contributed by atoms with Crippen molar-refractivity contribution >= 4 is 22.9 Å². The average Bonchev–Trinajstić information content (AvgIpc) is 3.69. The van der Waals surface area contributed by atoms with Crippen molar-refractivity contribution in [3.8, 4) is 0 Å². The van der Waals surface area contributed by atoms with Gasteiger partial charge in [0.25, 0.3) is 0 Å². The maximum Gasteiger partial charge on any atom is 0.162 e. The van der Waals surface area contributed by atoms with Crippen molar-refractivity contribution in [1.29, 1.82) is 0 Å². The van der Waals surface area contributed by atoms with Crippen molar-refractivity contribution in [3.63, 3.8) is 0 Å². The second kappa shape index (κ2) is 17.3. The molecule has 1 atom stereocenters. The van der Waals surface area contributed by atoms with Crippen LogP contribution in [0.25, 0.3) is 5.70 Å². The number of amidine groups is 1. The predicted octanol–water partition coefficient (Wildman–Crippen LogP) is 9.73. The number of hydrogen-bond donors (Lipinski definition) is 1. The van der Waals surface area contributed by atoms with Gasteiger partial charge in [0.2, 0.25) is 0 Å². The molecule has 1 saturated heterocycles. The van der Waals surface area contributed by atoms with E-state index in [2.05, 4.69) is 111 Å². The lowest BCUT2D eigenvalue weighted by atomic mass is 9.75. The molecule has 4 aliphatic heterocycles. The van der Waals surface area contributed by atoms with E-state index in [9.17, 15) is 0 Å². The van der Waals surface area contributed by atoms with Crippen LogP contribution in [0.1, 0.15) is 107 Å². The van der Waals surface area contributed by atoms with Gasteiger partial charge in [-0.3, -0.25) is 9.89 Å². The van der Waals surface area contributed by atoms with E-state index in [-0.39, 0.29) is 5.41 Å². The first-order valence-corrected chi connectivity index (χ1v) is 21.1. The molecule has 0 bridgehead atoms. The van der Waals surface area contributed by atoms with Gasteiger partial charge in [0, 0.05) is 73.5 Å². The number of piperazine rings is 1. The number of nitrogens with one attached hydrogen (secondary N) is 1. The lowest BCUT2D eigenvalue weighted by Gasteiger charge is -2.47. The summed E-state index contributed by atoms with van der Waals surface area (Å²) in [5, 5.41) is 6.62. The van der Waals surface area contributed by atoms with Crippen molar-refractivity contribution < 1.29 is 0 Å². The fraction of sp³-hybridized carbons (Fsp3) is 0.522. The van der Waals surface area contributed by atoms with Crippen molar-refractivity contribution in [2.24, 2.45) is 10.4 Å². The molecule has 7 heteroatoms. The summed E-state index contributed by atoms with van der Waals surface area (Å²) >= 11 is 1.64. The number of benzene rings is 1. The fourth-order valence-corrected chi connectivity index (χ4v) is 9.03. The number of thiazole rings is 1. The van der Waals surface area contributed by atoms with Gasteiger partial charge >= 0.3 is 0 Å². The Labute approximate surface area is 324 Å². The minimum Gasteiger partial charge on any atom is -0.343 e. The Kier molecular flexibility index (Phi) is 12.8. The molecule has 284 valence electrons. The third-order valence-electron chi connectivity index (χ3n) is 11.8. The molecule has 1 aromatic carbocycles. The number of aryl methyl sites for hydroxylation is 2. The summed E-state index contributed by atoms with van der Waals surface area (Å²) in [5.41, 5.74) is 14.5. The second-order valence-corrected chi connectivity index (χ2v) is 17.6. The lowest BCUT2D eigenvalue weighted by molar-refractivity contribution is 0.137. The van der Waals surface area contributed by atoms with E-state index in [0.717, 1.165) is 74.0 Å². The third-order valence-corrected chi connectivity index (χ3v) is 12.6. The summed E-state index contributed by atoms with van der Waals surface area (Å²) in [6.45, 7) is 34.1. The first kappa shape index (κ1) is 39.2. The highest BCUT2D eigenvalue weighted by Crippen LogP contribution is 2.44. The first-order valence-electron chi connectivity index (χ1n) is 20.2. The Balaban J connectivity index is 0.952. The maximum atomic E-state index is 4.81. The molecule has 4 aliphatic rings. The van der Waals surface area contributed by atoms with Gasteiger partial charge in [-0.15, -0.1) is 11.3 Å². The molecule has 6 nitrogen and oxygen atoms in total. The van der Waals surface area contributed by atoms with Crippen LogP contribution in [0.2, 0.25) is 0 Å². The van der Waals surface area contributed by atoms with Crippen LogP contribution in [0.3, 0.4) is 0 Å². The van der Waals surface area contributed by atoms with E-state index in [1.165, 1.54) is 89.9 Å². The molecule has 53 heavy (non-hydrogen) atoms. The summed E-state index contributed by atoms with van der Waals surface area (Å²) in [6.07, 6.45) is 17.3. The molecule has 0 amide bonds. The number of unbranched alkanes of at least 4 members (excludes halogenated alkanes) is 4. The molecule has 5 heterocycles. The van der Waals surface area contributed by atoms with Crippen LogP contribution in [-0.2, 0) is 19.3 Å². The van der Waals surface area contributed by atoms with Gasteiger partial charge in [-0.2, -0.15) is 0 Å². The summed E-state index contributed by atoms with van der Waals surface area (Å²) in [5.74, 6) is 0.903. The van der Waals surface area contributed by atoms with Gasteiger partial charge < -0.3 is 15.1 Å². The number of fused-ring (bicyclic) bond motifs is 3. The zero-order valence-corrected chi connectivity index (χ0v) is 34.4. The smallest absolute Gasteiger partial charge is 0.162 e. The second-order valence-electron chi connectivity index (χ2n) is 16.7. The highest BCUT2D eigenvalue weighted by Gasteiger charge is 2.38. The molecule has 0 aliphatic carbocycles. The molecule has 0 radical (unpaired) electrons. The first-order chi connectivity index (χ1) is 25.5. The molecule has 6 rings (SSSR count). The normalized spacial score (nSPS) is 19.7. The fourth-order valence-electron chi connectivity index (χ4n) is 8.43. The number of aromatic nitrogens is 1. The number of hydrogen-bond acceptors (Lipinski definition) is 7. The average molecular weight is 733 g/mol. The Morgan fingerprint density at radius 3 is 2.40 bits per heavy atom. The SMILES string of the molecule is C=C(C)C1=CN2C(=CC1=C)c1cc(CC)c(CCCCCCCN3CCN(CC4=C(C(=C)CC)CN=C(c5nccs5)N4)CC3)cc1CC2C(C)(C)C. The zero-order chi connectivity index (χ0) is 37.7. The van der Waals surface area contributed by atoms with E-state index in [1.54, 1.807) is 16.9 Å². The zero-order valence-electron chi connectivity index (χ0n) is 33.6. The van der Waals surface area contributed by atoms with Gasteiger partial charge in [0.15, 0.2) is 10.8 Å². The van der Waals surface area contributed by atoms with Gasteiger partial charge in [0.05, 0.1) is 6.54 Å². The van der Waals surface area contributed by atoms with Gasteiger partial charge in [-0.1, -0.05) is 79.7 Å². The van der Waals surface area contributed by atoms with Crippen LogP contribution in [0, 0.1) is 5.41 Å². The van der Waals surface area contributed by atoms with E-state index < -0.39 is 0 Å². The third kappa shape index (κ3) is 9.24. The van der Waals surface area contributed by atoms with Gasteiger partial charge in [0.1, 0.15) is 0 Å². The molecule has 2 aromatic rings. The van der Waals surface area contributed by atoms with Crippen LogP contribution in [0.5, 0.6) is 0 Å². The quantitative estimate of drug-likeness (QED) is 0.185. The van der Waals surface area contributed by atoms with E-state index in [0.29, 0.717) is 12.6 Å². The lowest BCUT2D eigenvalue weighted by Crippen LogP contribution is -2.48. The summed E-state index contributed by atoms with van der Waals surface area (Å²) < 4.78 is 0. The van der Waals surface area contributed by atoms with Gasteiger partial charge in [-0.25, -0.2) is 4.98 Å². The number of allylic oxidation sites excluding steroid dienone is 4. The molecular weight excluding hydrogens is 669 g/mol. The van der Waals surface area contributed by atoms with E-state index in [4.69, 9.17) is 4.99 Å². The number of rotatable bonds is 15. The monoisotopic (exact) mass is 732 g/mol. The van der Waals surface area contributed by atoms with Crippen LogP contribution < -0.4 is 5.32 Å². The van der Waals surface area contributed by atoms with Crippen molar-refractivity contribution in [2.45, 2.75) is 105 Å². The summed E-state index contributed by atoms with van der Waals surface area (Å²) in [7, 11) is 0. The molecule has 0 spiro atoms. The van der Waals surface area contributed by atoms with Crippen molar-refractivity contribution in [2.75, 3.05) is 45.8 Å². The van der Waals surface area contributed by atoms with Gasteiger partial charge in [-0.05, 0) is 114 Å². The highest BCUT2D eigenvalue weighted by molar-refractivity contribution is 7.11. The highest BCUT2D eigenvalue weighted by atomic mass is 32.1. The van der Waals surface area contributed by atoms with Crippen LogP contribution >= 0.6 is 11.3 Å². The van der Waals surface area contributed by atoms with Crippen LogP contribution in [0.15, 0.2) is 94.3 Å². The molecular formula is C46H64N6S. The Morgan fingerprint density at radius 1 is 0.981 bits per heavy atom. The number of nitrogens with zero attached hydrogens (tertiary/aromatic N) is 5. The van der Waals surface area contributed by atoms with E-state index >= 15 is 0 Å². The van der Waals surface area contributed by atoms with Crippen molar-refractivity contribution in [1.82, 2.24) is 25.0 Å². The molecule has 1 aromatic heterocycles. The standard InChI is InChI=1S/C46H64N6S/c1-10-33(5)39-29-48-44(45-47-18-24-53-45)49-41(39)31-51-22-20-50(21-23-51)19-16-14-12-13-15-17-36-26-37-28-43(46(7,8)9)52-30-40(32(3)4)34(6)25-42(52)38(37)27-35(36)11-2/h18,24-27,30,43H,3,5-6,10-17,19-23,28-29,31H2,1-2,4,7-9H3,(H,48,49). The minimum absolute atomic E-state index is 0.143. The Morgan fingerprint density at radius 2 is 1.72 bits per heavy atom. The van der Waals surface area contributed by atoms with E-state index in [1.807, 2.05) is 11.6 Å². The van der Waals surface area contributed by atoms with Crippen molar-refractivity contribution in [3.05, 3.63) is 117 Å². The molecule has 1 N–H and O–H groups in total. The minimum atomic E-state index is 0.143.